The molecule has 24 heavy (non-hydrogen) atoms. The lowest BCUT2D eigenvalue weighted by atomic mass is 9.74. The summed E-state index contributed by atoms with van der Waals surface area (Å²) in [6.45, 7) is 4.46. The number of likely N-dealkylation sites (tertiary alicyclic amines) is 1. The van der Waals surface area contributed by atoms with Crippen molar-refractivity contribution < 1.29 is 14.6 Å². The number of amides is 1. The number of benzene rings is 1. The molecule has 132 valence electrons. The van der Waals surface area contributed by atoms with Crippen molar-refractivity contribution in [2.75, 3.05) is 26.3 Å². The summed E-state index contributed by atoms with van der Waals surface area (Å²) in [4.78, 5) is 14.8. The van der Waals surface area contributed by atoms with Crippen LogP contribution in [0.25, 0.3) is 0 Å². The van der Waals surface area contributed by atoms with Crippen molar-refractivity contribution in [3.05, 3.63) is 35.9 Å². The van der Waals surface area contributed by atoms with E-state index in [1.54, 1.807) is 0 Å². The average Bonchev–Trinajstić information content (AvgIpc) is 2.63. The molecule has 0 aliphatic carbocycles. The number of rotatable bonds is 4. The summed E-state index contributed by atoms with van der Waals surface area (Å²) in [6.07, 6.45) is 4.56. The minimum Gasteiger partial charge on any atom is -0.396 e. The van der Waals surface area contributed by atoms with E-state index in [-0.39, 0.29) is 30.0 Å². The van der Waals surface area contributed by atoms with Crippen LogP contribution in [0, 0.1) is 11.3 Å². The number of hydrogen-bond donors (Lipinski definition) is 1. The number of carbonyl (C=O) groups excluding carboxylic acids is 1. The van der Waals surface area contributed by atoms with E-state index in [0.717, 1.165) is 51.8 Å². The van der Waals surface area contributed by atoms with Crippen LogP contribution in [0.2, 0.25) is 0 Å². The van der Waals surface area contributed by atoms with E-state index in [2.05, 4.69) is 12.1 Å². The van der Waals surface area contributed by atoms with Gasteiger partial charge in [0.15, 0.2) is 0 Å². The molecule has 2 saturated heterocycles. The second-order valence-corrected chi connectivity index (χ2v) is 7.47. The number of ether oxygens (including phenoxy) is 1. The molecular formula is C20H29NO3. The molecule has 1 amide bonds. The number of aliphatic hydroxyl groups is 1. The number of hydrogen-bond acceptors (Lipinski definition) is 3. The van der Waals surface area contributed by atoms with E-state index in [1.807, 2.05) is 30.0 Å². The van der Waals surface area contributed by atoms with E-state index in [4.69, 9.17) is 4.74 Å². The van der Waals surface area contributed by atoms with Crippen LogP contribution in [-0.2, 0) is 16.0 Å². The fourth-order valence-electron chi connectivity index (χ4n) is 4.10. The zero-order chi connectivity index (χ0) is 17.0. The quantitative estimate of drug-likeness (QED) is 0.923. The van der Waals surface area contributed by atoms with E-state index in [0.29, 0.717) is 0 Å². The van der Waals surface area contributed by atoms with Crippen molar-refractivity contribution in [2.45, 2.75) is 45.1 Å². The Balaban J connectivity index is 1.60. The lowest BCUT2D eigenvalue weighted by Gasteiger charge is -2.43. The first-order chi connectivity index (χ1) is 11.6. The van der Waals surface area contributed by atoms with Crippen LogP contribution >= 0.6 is 0 Å². The van der Waals surface area contributed by atoms with Gasteiger partial charge in [0.05, 0.1) is 12.0 Å². The molecule has 2 fully saturated rings. The molecule has 3 rings (SSSR count). The molecule has 1 N–H and O–H groups in total. The van der Waals surface area contributed by atoms with E-state index in [9.17, 15) is 9.90 Å². The summed E-state index contributed by atoms with van der Waals surface area (Å²) in [6, 6.07) is 10.4. The highest BCUT2D eigenvalue weighted by Crippen LogP contribution is 2.36. The Morgan fingerprint density at radius 2 is 2.00 bits per heavy atom. The second-order valence-electron chi connectivity index (χ2n) is 7.47. The molecule has 4 heteroatoms. The first kappa shape index (κ1) is 17.4. The third-order valence-corrected chi connectivity index (χ3v) is 5.82. The number of nitrogens with zero attached hydrogens (tertiary/aromatic N) is 1. The monoisotopic (exact) mass is 331 g/mol. The summed E-state index contributed by atoms with van der Waals surface area (Å²) in [7, 11) is 0. The van der Waals surface area contributed by atoms with Gasteiger partial charge in [0.1, 0.15) is 0 Å². The van der Waals surface area contributed by atoms with Gasteiger partial charge in [0.25, 0.3) is 0 Å². The molecular weight excluding hydrogens is 302 g/mol. The van der Waals surface area contributed by atoms with Gasteiger partial charge in [-0.05, 0) is 44.6 Å². The molecule has 0 spiro atoms. The summed E-state index contributed by atoms with van der Waals surface area (Å²) in [5.41, 5.74) is 1.17. The van der Waals surface area contributed by atoms with Crippen molar-refractivity contribution in [1.82, 2.24) is 4.90 Å². The van der Waals surface area contributed by atoms with Crippen LogP contribution in [-0.4, -0.2) is 48.3 Å². The van der Waals surface area contributed by atoms with Crippen LogP contribution in [0.1, 0.15) is 38.2 Å². The van der Waals surface area contributed by atoms with E-state index >= 15 is 0 Å². The van der Waals surface area contributed by atoms with Gasteiger partial charge in [-0.25, -0.2) is 0 Å². The highest BCUT2D eigenvalue weighted by atomic mass is 16.5. The molecule has 1 aromatic rings. The van der Waals surface area contributed by atoms with Crippen LogP contribution in [0.5, 0.6) is 0 Å². The van der Waals surface area contributed by atoms with Gasteiger partial charge in [0, 0.05) is 31.7 Å². The number of carbonyl (C=O) groups is 1. The first-order valence-corrected chi connectivity index (χ1v) is 9.19. The lowest BCUT2D eigenvalue weighted by molar-refractivity contribution is -0.146. The van der Waals surface area contributed by atoms with Crippen LogP contribution in [0.15, 0.2) is 30.3 Å². The third kappa shape index (κ3) is 3.81. The summed E-state index contributed by atoms with van der Waals surface area (Å²) in [5, 5.41) is 10.00. The van der Waals surface area contributed by atoms with Gasteiger partial charge in [-0.15, -0.1) is 0 Å². The Kier molecular flexibility index (Phi) is 5.57. The molecule has 0 bridgehead atoms. The molecule has 2 aliphatic heterocycles. The smallest absolute Gasteiger partial charge is 0.228 e. The lowest BCUT2D eigenvalue weighted by Crippen LogP contribution is -2.49. The summed E-state index contributed by atoms with van der Waals surface area (Å²) in [5.74, 6) is 0.253. The molecule has 0 unspecified atom stereocenters. The number of aliphatic hydroxyl groups excluding tert-OH is 1. The molecule has 2 atom stereocenters. The highest BCUT2D eigenvalue weighted by molar-refractivity contribution is 5.79. The van der Waals surface area contributed by atoms with Gasteiger partial charge in [-0.1, -0.05) is 30.3 Å². The molecule has 1 aromatic carbocycles. The van der Waals surface area contributed by atoms with Crippen LogP contribution in [0.3, 0.4) is 0 Å². The van der Waals surface area contributed by atoms with E-state index < -0.39 is 0 Å². The first-order valence-electron chi connectivity index (χ1n) is 9.19. The molecule has 0 radical (unpaired) electrons. The number of piperidine rings is 1. The third-order valence-electron chi connectivity index (χ3n) is 5.82. The van der Waals surface area contributed by atoms with Crippen molar-refractivity contribution in [2.24, 2.45) is 11.3 Å². The van der Waals surface area contributed by atoms with Crippen molar-refractivity contribution in [3.63, 3.8) is 0 Å². The Morgan fingerprint density at radius 1 is 1.29 bits per heavy atom. The predicted molar refractivity (Wildman–Crippen MR) is 93.6 cm³/mol. The maximum atomic E-state index is 12.8. The highest BCUT2D eigenvalue weighted by Gasteiger charge is 2.38. The topological polar surface area (TPSA) is 49.8 Å². The van der Waals surface area contributed by atoms with Crippen molar-refractivity contribution >= 4 is 5.91 Å². The molecule has 4 nitrogen and oxygen atoms in total. The Morgan fingerprint density at radius 3 is 2.62 bits per heavy atom. The molecule has 0 aromatic heterocycles. The summed E-state index contributed by atoms with van der Waals surface area (Å²) < 4.78 is 5.66. The minimum atomic E-state index is -0.0905. The maximum absolute atomic E-state index is 12.8. The van der Waals surface area contributed by atoms with Crippen LogP contribution in [0.4, 0.5) is 0 Å². The molecule has 2 aliphatic rings. The second kappa shape index (κ2) is 7.66. The zero-order valence-electron chi connectivity index (χ0n) is 14.6. The Labute approximate surface area is 144 Å². The minimum absolute atomic E-state index is 0.00880. The van der Waals surface area contributed by atoms with Gasteiger partial charge in [-0.2, -0.15) is 0 Å². The largest absolute Gasteiger partial charge is 0.396 e. The van der Waals surface area contributed by atoms with Gasteiger partial charge in [0.2, 0.25) is 5.91 Å². The Bertz CT molecular complexity index is 537. The maximum Gasteiger partial charge on any atom is 0.228 e. The standard InChI is InChI=1S/C20H29NO3/c1-16-18(8-5-13-24-16)19(23)21-11-9-20(15-22,10-12-21)14-17-6-3-2-4-7-17/h2-4,6-7,16,18,22H,5,8-15H2,1H3/t16-,18-/m0/s1. The fourth-order valence-corrected chi connectivity index (χ4v) is 4.10. The SMILES string of the molecule is C[C@@H]1OCCC[C@@H]1C(=O)N1CCC(CO)(Cc2ccccc2)CC1. The summed E-state index contributed by atoms with van der Waals surface area (Å²) >= 11 is 0. The van der Waals surface area contributed by atoms with Crippen molar-refractivity contribution in [3.8, 4) is 0 Å². The van der Waals surface area contributed by atoms with E-state index in [1.165, 1.54) is 5.56 Å². The molecule has 0 saturated carbocycles. The molecule has 2 heterocycles. The normalized spacial score (nSPS) is 27.0. The Hall–Kier alpha value is -1.39. The van der Waals surface area contributed by atoms with Crippen LogP contribution < -0.4 is 0 Å². The predicted octanol–water partition coefficient (Wildman–Crippen LogP) is 2.65. The average molecular weight is 331 g/mol. The van der Waals surface area contributed by atoms with Gasteiger partial charge in [-0.3, -0.25) is 4.79 Å². The zero-order valence-corrected chi connectivity index (χ0v) is 14.6. The van der Waals surface area contributed by atoms with Crippen molar-refractivity contribution in [1.29, 1.82) is 0 Å². The van der Waals surface area contributed by atoms with Gasteiger partial charge >= 0.3 is 0 Å². The fraction of sp³-hybridized carbons (Fsp3) is 0.650. The van der Waals surface area contributed by atoms with Gasteiger partial charge < -0.3 is 14.7 Å².